The largest absolute Gasteiger partial charge is 0.293 e. The minimum absolute atomic E-state index is 0.178. The predicted octanol–water partition coefficient (Wildman–Crippen LogP) is 3.94. The van der Waals surface area contributed by atoms with Gasteiger partial charge in [0, 0.05) is 10.9 Å². The van der Waals surface area contributed by atoms with Gasteiger partial charge in [0.15, 0.2) is 5.78 Å². The summed E-state index contributed by atoms with van der Waals surface area (Å²) >= 11 is 4.93. The monoisotopic (exact) mass is 280 g/mol. The van der Waals surface area contributed by atoms with E-state index in [2.05, 4.69) is 15.9 Å². The van der Waals surface area contributed by atoms with Crippen LogP contribution in [0.5, 0.6) is 0 Å². The van der Waals surface area contributed by atoms with E-state index in [9.17, 15) is 4.79 Å². The van der Waals surface area contributed by atoms with Gasteiger partial charge in [-0.2, -0.15) is 0 Å². The van der Waals surface area contributed by atoms with Crippen molar-refractivity contribution in [3.8, 4) is 0 Å². The van der Waals surface area contributed by atoms with Crippen molar-refractivity contribution < 1.29 is 4.79 Å². The van der Waals surface area contributed by atoms with Crippen molar-refractivity contribution in [2.45, 2.75) is 6.42 Å². The van der Waals surface area contributed by atoms with E-state index in [1.54, 1.807) is 0 Å². The molecule has 0 N–H and O–H groups in total. The van der Waals surface area contributed by atoms with Crippen molar-refractivity contribution in [2.24, 2.45) is 0 Å². The van der Waals surface area contributed by atoms with E-state index in [0.717, 1.165) is 14.9 Å². The first-order valence-electron chi connectivity index (χ1n) is 4.57. The molecule has 0 saturated heterocycles. The van der Waals surface area contributed by atoms with Gasteiger partial charge in [0.1, 0.15) is 0 Å². The molecule has 0 aliphatic heterocycles. The molecule has 0 saturated carbocycles. The van der Waals surface area contributed by atoms with Crippen molar-refractivity contribution in [1.82, 2.24) is 0 Å². The Labute approximate surface area is 101 Å². The molecule has 0 radical (unpaired) electrons. The molecule has 0 amide bonds. The number of ketones is 1. The van der Waals surface area contributed by atoms with Crippen LogP contribution in [-0.4, -0.2) is 5.78 Å². The van der Waals surface area contributed by atoms with Crippen molar-refractivity contribution in [2.75, 3.05) is 0 Å². The highest BCUT2D eigenvalue weighted by Gasteiger charge is 2.09. The molecular formula is C12H9BrOS. The second-order valence-corrected chi connectivity index (χ2v) is 4.97. The van der Waals surface area contributed by atoms with E-state index in [1.165, 1.54) is 11.3 Å². The molecule has 0 aliphatic rings. The van der Waals surface area contributed by atoms with Gasteiger partial charge in [-0.1, -0.05) is 40.2 Å². The standard InChI is InChI=1S/C12H9BrOS/c13-10-5-2-1-4-9(10)8-11(14)12-6-3-7-15-12/h1-7H,8H2. The highest BCUT2D eigenvalue weighted by Crippen LogP contribution is 2.19. The quantitative estimate of drug-likeness (QED) is 0.779. The molecule has 0 unspecified atom stereocenters. The second kappa shape index (κ2) is 4.73. The van der Waals surface area contributed by atoms with E-state index in [-0.39, 0.29) is 5.78 Å². The van der Waals surface area contributed by atoms with Gasteiger partial charge in [0.05, 0.1) is 4.88 Å². The Morgan fingerprint density at radius 2 is 2.00 bits per heavy atom. The summed E-state index contributed by atoms with van der Waals surface area (Å²) < 4.78 is 0.995. The second-order valence-electron chi connectivity index (χ2n) is 3.17. The van der Waals surface area contributed by atoms with Crippen LogP contribution in [0.2, 0.25) is 0 Å². The molecule has 0 aliphatic carbocycles. The summed E-state index contributed by atoms with van der Waals surface area (Å²) in [4.78, 5) is 12.6. The average Bonchev–Trinajstić information content (AvgIpc) is 2.74. The Balaban J connectivity index is 2.17. The highest BCUT2D eigenvalue weighted by molar-refractivity contribution is 9.10. The maximum absolute atomic E-state index is 11.8. The number of rotatable bonds is 3. The molecule has 2 rings (SSSR count). The number of hydrogen-bond acceptors (Lipinski definition) is 2. The van der Waals surface area contributed by atoms with Gasteiger partial charge in [0.2, 0.25) is 0 Å². The van der Waals surface area contributed by atoms with Crippen molar-refractivity contribution >= 4 is 33.0 Å². The molecule has 2 aromatic rings. The van der Waals surface area contributed by atoms with Crippen LogP contribution >= 0.6 is 27.3 Å². The van der Waals surface area contributed by atoms with Crippen molar-refractivity contribution in [3.63, 3.8) is 0 Å². The molecule has 3 heteroatoms. The zero-order valence-electron chi connectivity index (χ0n) is 7.94. The number of carbonyl (C=O) groups is 1. The number of hydrogen-bond donors (Lipinski definition) is 0. The minimum atomic E-state index is 0.178. The fourth-order valence-electron chi connectivity index (χ4n) is 1.34. The lowest BCUT2D eigenvalue weighted by Crippen LogP contribution is -2.01. The van der Waals surface area contributed by atoms with Crippen LogP contribution in [0, 0.1) is 0 Å². The summed E-state index contributed by atoms with van der Waals surface area (Å²) in [5, 5.41) is 1.92. The maximum Gasteiger partial charge on any atom is 0.177 e. The van der Waals surface area contributed by atoms with Gasteiger partial charge >= 0.3 is 0 Å². The predicted molar refractivity (Wildman–Crippen MR) is 66.5 cm³/mol. The van der Waals surface area contributed by atoms with E-state index in [4.69, 9.17) is 0 Å². The Morgan fingerprint density at radius 1 is 1.20 bits per heavy atom. The summed E-state index contributed by atoms with van der Waals surface area (Å²) in [6, 6.07) is 11.6. The Bertz CT molecular complexity index is 462. The maximum atomic E-state index is 11.8. The first-order valence-corrected chi connectivity index (χ1v) is 6.25. The summed E-state index contributed by atoms with van der Waals surface area (Å²) in [5.74, 6) is 0.178. The third-order valence-electron chi connectivity index (χ3n) is 2.10. The molecule has 0 fully saturated rings. The molecule has 1 heterocycles. The van der Waals surface area contributed by atoms with E-state index < -0.39 is 0 Å². The molecule has 0 atom stereocenters. The topological polar surface area (TPSA) is 17.1 Å². The van der Waals surface area contributed by atoms with Crippen molar-refractivity contribution in [3.05, 3.63) is 56.7 Å². The van der Waals surface area contributed by atoms with Crippen LogP contribution < -0.4 is 0 Å². The zero-order chi connectivity index (χ0) is 10.7. The van der Waals surface area contributed by atoms with Gasteiger partial charge in [-0.25, -0.2) is 0 Å². The lowest BCUT2D eigenvalue weighted by Gasteiger charge is -2.01. The first kappa shape index (κ1) is 10.6. The van der Waals surface area contributed by atoms with Gasteiger partial charge < -0.3 is 0 Å². The highest BCUT2D eigenvalue weighted by atomic mass is 79.9. The van der Waals surface area contributed by atoms with Crippen LogP contribution in [0.4, 0.5) is 0 Å². The lowest BCUT2D eigenvalue weighted by atomic mass is 10.1. The molecule has 1 aromatic heterocycles. The Morgan fingerprint density at radius 3 is 2.67 bits per heavy atom. The molecule has 15 heavy (non-hydrogen) atoms. The van der Waals surface area contributed by atoms with Crippen molar-refractivity contribution in [1.29, 1.82) is 0 Å². The first-order chi connectivity index (χ1) is 7.27. The van der Waals surface area contributed by atoms with Crippen LogP contribution in [0.25, 0.3) is 0 Å². The number of thiophene rings is 1. The van der Waals surface area contributed by atoms with Crippen LogP contribution in [0.1, 0.15) is 15.2 Å². The number of Topliss-reactive ketones (excluding diaryl/α,β-unsaturated/α-hetero) is 1. The SMILES string of the molecule is O=C(Cc1ccccc1Br)c1cccs1. The third kappa shape index (κ3) is 2.55. The average molecular weight is 281 g/mol. The van der Waals surface area contributed by atoms with E-state index in [1.807, 2.05) is 41.8 Å². The number of benzene rings is 1. The normalized spacial score (nSPS) is 10.2. The molecule has 0 spiro atoms. The summed E-state index contributed by atoms with van der Waals surface area (Å²) in [5.41, 5.74) is 1.04. The van der Waals surface area contributed by atoms with Crippen LogP contribution in [0.3, 0.4) is 0 Å². The molecule has 1 aromatic carbocycles. The zero-order valence-corrected chi connectivity index (χ0v) is 10.3. The van der Waals surface area contributed by atoms with Crippen LogP contribution in [-0.2, 0) is 6.42 Å². The number of carbonyl (C=O) groups excluding carboxylic acids is 1. The molecule has 1 nitrogen and oxygen atoms in total. The van der Waals surface area contributed by atoms with Crippen LogP contribution in [0.15, 0.2) is 46.3 Å². The molecule has 76 valence electrons. The fraction of sp³-hybridized carbons (Fsp3) is 0.0833. The fourth-order valence-corrected chi connectivity index (χ4v) is 2.43. The summed E-state index contributed by atoms with van der Waals surface area (Å²) in [7, 11) is 0. The summed E-state index contributed by atoms with van der Waals surface area (Å²) in [6.45, 7) is 0. The molecule has 0 bridgehead atoms. The van der Waals surface area contributed by atoms with Gasteiger partial charge in [0.25, 0.3) is 0 Å². The Hall–Kier alpha value is -0.930. The smallest absolute Gasteiger partial charge is 0.177 e. The van der Waals surface area contributed by atoms with Gasteiger partial charge in [-0.3, -0.25) is 4.79 Å². The number of halogens is 1. The molecular weight excluding hydrogens is 272 g/mol. The third-order valence-corrected chi connectivity index (χ3v) is 3.79. The summed E-state index contributed by atoms with van der Waals surface area (Å²) in [6.07, 6.45) is 0.460. The minimum Gasteiger partial charge on any atom is -0.293 e. The van der Waals surface area contributed by atoms with E-state index in [0.29, 0.717) is 6.42 Å². The lowest BCUT2D eigenvalue weighted by molar-refractivity contribution is 0.0996. The Kier molecular flexibility index (Phi) is 3.34. The van der Waals surface area contributed by atoms with Gasteiger partial charge in [-0.15, -0.1) is 11.3 Å². The van der Waals surface area contributed by atoms with E-state index >= 15 is 0 Å². The van der Waals surface area contributed by atoms with Gasteiger partial charge in [-0.05, 0) is 23.1 Å².